The quantitative estimate of drug-likeness (QED) is 0.855. The molecule has 0 aliphatic carbocycles. The van der Waals surface area contributed by atoms with Crippen molar-refractivity contribution in [3.8, 4) is 0 Å². The first kappa shape index (κ1) is 14.1. The third kappa shape index (κ3) is 4.36. The van der Waals surface area contributed by atoms with E-state index in [9.17, 15) is 0 Å². The van der Waals surface area contributed by atoms with Crippen molar-refractivity contribution in [1.29, 1.82) is 0 Å². The molecule has 1 aromatic carbocycles. The number of benzene rings is 1. The molecule has 2 aromatic rings. The van der Waals surface area contributed by atoms with Gasteiger partial charge in [0.2, 0.25) is 11.2 Å². The summed E-state index contributed by atoms with van der Waals surface area (Å²) in [5.41, 5.74) is 2.49. The molecule has 4 nitrogen and oxygen atoms in total. The van der Waals surface area contributed by atoms with Crippen LogP contribution in [0.3, 0.4) is 0 Å². The summed E-state index contributed by atoms with van der Waals surface area (Å²) in [5.74, 6) is 1.34. The van der Waals surface area contributed by atoms with Crippen LogP contribution >= 0.6 is 23.4 Å². The number of nitrogens with zero attached hydrogens (tertiary/aromatic N) is 3. The van der Waals surface area contributed by atoms with E-state index in [1.807, 2.05) is 6.92 Å². The van der Waals surface area contributed by atoms with Gasteiger partial charge in [-0.15, -0.1) is 0 Å². The van der Waals surface area contributed by atoms with Gasteiger partial charge in [0.15, 0.2) is 5.16 Å². The van der Waals surface area contributed by atoms with Gasteiger partial charge in [-0.2, -0.15) is 15.0 Å². The highest BCUT2D eigenvalue weighted by atomic mass is 35.5. The van der Waals surface area contributed by atoms with Crippen molar-refractivity contribution in [3.05, 3.63) is 40.7 Å². The summed E-state index contributed by atoms with van der Waals surface area (Å²) >= 11 is 7.43. The summed E-state index contributed by atoms with van der Waals surface area (Å²) in [6, 6.07) is 8.38. The van der Waals surface area contributed by atoms with Crippen molar-refractivity contribution in [2.24, 2.45) is 0 Å². The molecular weight excluding hydrogens is 280 g/mol. The van der Waals surface area contributed by atoms with E-state index < -0.39 is 0 Å². The fraction of sp³-hybridized carbons (Fsp3) is 0.308. The van der Waals surface area contributed by atoms with Crippen LogP contribution in [-0.2, 0) is 5.75 Å². The number of rotatable bonds is 5. The Labute approximate surface area is 122 Å². The van der Waals surface area contributed by atoms with Gasteiger partial charge in [-0.05, 0) is 31.0 Å². The van der Waals surface area contributed by atoms with Gasteiger partial charge in [0.1, 0.15) is 0 Å². The summed E-state index contributed by atoms with van der Waals surface area (Å²) in [4.78, 5) is 12.4. The van der Waals surface area contributed by atoms with Crippen molar-refractivity contribution in [2.45, 2.75) is 24.8 Å². The van der Waals surface area contributed by atoms with E-state index in [2.05, 4.69) is 51.5 Å². The molecule has 0 spiro atoms. The molecule has 1 heterocycles. The van der Waals surface area contributed by atoms with E-state index in [4.69, 9.17) is 11.6 Å². The van der Waals surface area contributed by atoms with Crippen LogP contribution in [0.25, 0.3) is 0 Å². The molecule has 0 unspecified atom stereocenters. The van der Waals surface area contributed by atoms with E-state index in [-0.39, 0.29) is 5.28 Å². The van der Waals surface area contributed by atoms with E-state index in [0.717, 1.165) is 12.3 Å². The van der Waals surface area contributed by atoms with Crippen LogP contribution in [0.1, 0.15) is 18.1 Å². The predicted octanol–water partition coefficient (Wildman–Crippen LogP) is 3.56. The molecule has 1 N–H and O–H groups in total. The number of anilines is 1. The molecule has 0 aliphatic rings. The Morgan fingerprint density at radius 3 is 2.84 bits per heavy atom. The van der Waals surface area contributed by atoms with Gasteiger partial charge in [-0.25, -0.2) is 0 Å². The van der Waals surface area contributed by atoms with E-state index >= 15 is 0 Å². The molecule has 6 heteroatoms. The van der Waals surface area contributed by atoms with Gasteiger partial charge in [0, 0.05) is 12.3 Å². The van der Waals surface area contributed by atoms with Crippen LogP contribution in [-0.4, -0.2) is 21.5 Å². The van der Waals surface area contributed by atoms with Gasteiger partial charge >= 0.3 is 0 Å². The summed E-state index contributed by atoms with van der Waals surface area (Å²) in [6.07, 6.45) is 0. The summed E-state index contributed by atoms with van der Waals surface area (Å²) in [6.45, 7) is 4.82. The average Bonchev–Trinajstić information content (AvgIpc) is 2.36. The minimum Gasteiger partial charge on any atom is -0.354 e. The lowest BCUT2D eigenvalue weighted by Gasteiger charge is -2.05. The highest BCUT2D eigenvalue weighted by molar-refractivity contribution is 7.98. The minimum absolute atomic E-state index is 0.220. The maximum absolute atomic E-state index is 5.88. The van der Waals surface area contributed by atoms with Crippen molar-refractivity contribution in [3.63, 3.8) is 0 Å². The Hall–Kier alpha value is -1.33. The van der Waals surface area contributed by atoms with Gasteiger partial charge in [-0.1, -0.05) is 41.6 Å². The molecule has 0 aliphatic heterocycles. The molecular formula is C13H15ClN4S. The molecule has 0 amide bonds. The summed E-state index contributed by atoms with van der Waals surface area (Å²) in [5, 5.41) is 3.89. The van der Waals surface area contributed by atoms with Crippen molar-refractivity contribution in [1.82, 2.24) is 15.0 Å². The van der Waals surface area contributed by atoms with Crippen LogP contribution in [0.2, 0.25) is 5.28 Å². The zero-order chi connectivity index (χ0) is 13.7. The third-order valence-corrected chi connectivity index (χ3v) is 3.46. The monoisotopic (exact) mass is 294 g/mol. The number of thioether (sulfide) groups is 1. The third-order valence-electron chi connectivity index (χ3n) is 2.37. The van der Waals surface area contributed by atoms with Gasteiger partial charge in [0.25, 0.3) is 0 Å². The SMILES string of the molecule is CCNc1nc(Cl)nc(SCc2cccc(C)c2)n1. The Morgan fingerprint density at radius 1 is 1.26 bits per heavy atom. The smallest absolute Gasteiger partial charge is 0.228 e. The zero-order valence-corrected chi connectivity index (χ0v) is 12.4. The number of hydrogen-bond donors (Lipinski definition) is 1. The maximum atomic E-state index is 5.88. The first-order chi connectivity index (χ1) is 9.17. The van der Waals surface area contributed by atoms with E-state index in [1.165, 1.54) is 11.1 Å². The van der Waals surface area contributed by atoms with Crippen LogP contribution in [0.15, 0.2) is 29.4 Å². The number of aromatic nitrogens is 3. The topological polar surface area (TPSA) is 50.7 Å². The fourth-order valence-electron chi connectivity index (χ4n) is 1.58. The summed E-state index contributed by atoms with van der Waals surface area (Å²) in [7, 11) is 0. The first-order valence-corrected chi connectivity index (χ1v) is 7.37. The van der Waals surface area contributed by atoms with Crippen molar-refractivity contribution >= 4 is 29.3 Å². The van der Waals surface area contributed by atoms with Crippen molar-refractivity contribution in [2.75, 3.05) is 11.9 Å². The maximum Gasteiger partial charge on any atom is 0.228 e. The Balaban J connectivity index is 2.06. The molecule has 19 heavy (non-hydrogen) atoms. The van der Waals surface area contributed by atoms with Crippen LogP contribution in [0, 0.1) is 6.92 Å². The molecule has 0 fully saturated rings. The van der Waals surface area contributed by atoms with Crippen LogP contribution in [0.5, 0.6) is 0 Å². The van der Waals surface area contributed by atoms with Crippen LogP contribution in [0.4, 0.5) is 5.95 Å². The second kappa shape index (κ2) is 6.73. The molecule has 2 rings (SSSR count). The average molecular weight is 295 g/mol. The van der Waals surface area contributed by atoms with Crippen LogP contribution < -0.4 is 5.32 Å². The normalized spacial score (nSPS) is 10.5. The number of hydrogen-bond acceptors (Lipinski definition) is 5. The molecule has 100 valence electrons. The first-order valence-electron chi connectivity index (χ1n) is 6.01. The molecule has 0 radical (unpaired) electrons. The molecule has 0 bridgehead atoms. The Bertz CT molecular complexity index is 562. The summed E-state index contributed by atoms with van der Waals surface area (Å²) < 4.78 is 0. The minimum atomic E-state index is 0.220. The van der Waals surface area contributed by atoms with Gasteiger partial charge < -0.3 is 5.32 Å². The highest BCUT2D eigenvalue weighted by Gasteiger charge is 2.05. The number of nitrogens with one attached hydrogen (secondary N) is 1. The highest BCUT2D eigenvalue weighted by Crippen LogP contribution is 2.21. The lowest BCUT2D eigenvalue weighted by molar-refractivity contribution is 0.898. The van der Waals surface area contributed by atoms with E-state index in [0.29, 0.717) is 11.1 Å². The molecule has 0 atom stereocenters. The van der Waals surface area contributed by atoms with Gasteiger partial charge in [0.05, 0.1) is 0 Å². The van der Waals surface area contributed by atoms with E-state index in [1.54, 1.807) is 11.8 Å². The Morgan fingerprint density at radius 2 is 2.11 bits per heavy atom. The molecule has 0 saturated heterocycles. The zero-order valence-electron chi connectivity index (χ0n) is 10.9. The second-order valence-electron chi connectivity index (χ2n) is 4.02. The fourth-order valence-corrected chi connectivity index (χ4v) is 2.57. The predicted molar refractivity (Wildman–Crippen MR) is 79.7 cm³/mol. The number of aryl methyl sites for hydroxylation is 1. The number of halogens is 1. The van der Waals surface area contributed by atoms with Gasteiger partial charge in [-0.3, -0.25) is 0 Å². The second-order valence-corrected chi connectivity index (χ2v) is 5.30. The largest absolute Gasteiger partial charge is 0.354 e. The van der Waals surface area contributed by atoms with Crippen molar-refractivity contribution < 1.29 is 0 Å². The lowest BCUT2D eigenvalue weighted by Crippen LogP contribution is -2.04. The molecule has 0 saturated carbocycles. The standard InChI is InChI=1S/C13H15ClN4S/c1-3-15-12-16-11(14)17-13(18-12)19-8-10-6-4-5-9(2)7-10/h4-7H,3,8H2,1-2H3,(H,15,16,17,18). The lowest BCUT2D eigenvalue weighted by atomic mass is 10.2. The molecule has 1 aromatic heterocycles. The Kier molecular flexibility index (Phi) is 4.99.